The Labute approximate surface area is 180 Å². The highest BCUT2D eigenvalue weighted by atomic mass is 35.5. The number of thioether (sulfide) groups is 1. The van der Waals surface area contributed by atoms with Gasteiger partial charge in [0.15, 0.2) is 15.6 Å². The summed E-state index contributed by atoms with van der Waals surface area (Å²) in [5.41, 5.74) is 1.92. The van der Waals surface area contributed by atoms with Gasteiger partial charge in [0, 0.05) is 22.1 Å². The number of ketones is 2. The highest BCUT2D eigenvalue weighted by Gasteiger charge is 2.40. The van der Waals surface area contributed by atoms with Crippen molar-refractivity contribution in [2.75, 3.05) is 5.75 Å². The zero-order valence-electron chi connectivity index (χ0n) is 16.0. The van der Waals surface area contributed by atoms with Gasteiger partial charge in [-0.3, -0.25) is 9.59 Å². The summed E-state index contributed by atoms with van der Waals surface area (Å²) < 4.78 is 24.2. The standard InChI is InChI=1S/C22H21ClO4S2/c1-13-5-7-14(8-6-13)28-18-4-2-3-17(24)20(18)22(25)16-9-10-19-15(21(16)23)11-12-29(19,26)27/h5-10,18,20H,2-4,11-12H2,1H3. The Bertz CT molecular complexity index is 1090. The van der Waals surface area contributed by atoms with Crippen LogP contribution in [0.1, 0.15) is 40.7 Å². The van der Waals surface area contributed by atoms with E-state index < -0.39 is 15.8 Å². The topological polar surface area (TPSA) is 68.3 Å². The van der Waals surface area contributed by atoms with E-state index in [9.17, 15) is 18.0 Å². The second kappa shape index (κ2) is 7.89. The Hall–Kier alpha value is -1.63. The number of benzene rings is 2. The van der Waals surface area contributed by atoms with Gasteiger partial charge in [0.25, 0.3) is 0 Å². The van der Waals surface area contributed by atoms with Crippen LogP contribution in [0.15, 0.2) is 46.2 Å². The predicted octanol–water partition coefficient (Wildman–Crippen LogP) is 4.69. The summed E-state index contributed by atoms with van der Waals surface area (Å²) in [5, 5.41) is 0.0329. The zero-order valence-corrected chi connectivity index (χ0v) is 18.4. The average molecular weight is 449 g/mol. The van der Waals surface area contributed by atoms with Crippen molar-refractivity contribution in [1.82, 2.24) is 0 Å². The van der Waals surface area contributed by atoms with E-state index in [0.29, 0.717) is 18.4 Å². The maximum atomic E-state index is 13.4. The lowest BCUT2D eigenvalue weighted by Crippen LogP contribution is -2.37. The minimum absolute atomic E-state index is 0.00789. The van der Waals surface area contributed by atoms with Gasteiger partial charge in [0.05, 0.1) is 21.6 Å². The number of rotatable bonds is 4. The van der Waals surface area contributed by atoms with Crippen molar-refractivity contribution in [3.63, 3.8) is 0 Å². The molecule has 7 heteroatoms. The van der Waals surface area contributed by atoms with Crippen LogP contribution in [0.25, 0.3) is 0 Å². The molecule has 0 bridgehead atoms. The van der Waals surface area contributed by atoms with E-state index in [1.165, 1.54) is 12.1 Å². The SMILES string of the molecule is Cc1ccc(SC2CCCC(=O)C2C(=O)c2ccc3c(c2Cl)CCS3(=O)=O)cc1. The molecular weight excluding hydrogens is 428 g/mol. The molecule has 4 rings (SSSR count). The first-order chi connectivity index (χ1) is 13.8. The molecule has 4 nitrogen and oxygen atoms in total. The average Bonchev–Trinajstić information content (AvgIpc) is 2.99. The van der Waals surface area contributed by atoms with Crippen molar-refractivity contribution in [2.45, 2.75) is 47.6 Å². The third kappa shape index (κ3) is 3.90. The molecule has 2 aromatic carbocycles. The van der Waals surface area contributed by atoms with Crippen molar-refractivity contribution >= 4 is 44.8 Å². The molecule has 0 aromatic heterocycles. The zero-order chi connectivity index (χ0) is 20.8. The van der Waals surface area contributed by atoms with Gasteiger partial charge in [-0.1, -0.05) is 29.3 Å². The van der Waals surface area contributed by atoms with Crippen LogP contribution in [0.4, 0.5) is 0 Å². The number of hydrogen-bond acceptors (Lipinski definition) is 5. The van der Waals surface area contributed by atoms with E-state index in [2.05, 4.69) is 0 Å². The summed E-state index contributed by atoms with van der Waals surface area (Å²) in [5.74, 6) is -1.11. The molecule has 0 amide bonds. The lowest BCUT2D eigenvalue weighted by molar-refractivity contribution is -0.122. The van der Waals surface area contributed by atoms with Crippen LogP contribution >= 0.6 is 23.4 Å². The molecule has 0 radical (unpaired) electrons. The Morgan fingerprint density at radius 1 is 1.10 bits per heavy atom. The summed E-state index contributed by atoms with van der Waals surface area (Å²) >= 11 is 8.02. The van der Waals surface area contributed by atoms with E-state index in [0.717, 1.165) is 23.3 Å². The molecule has 152 valence electrons. The number of carbonyl (C=O) groups is 2. The van der Waals surface area contributed by atoms with Gasteiger partial charge < -0.3 is 0 Å². The molecule has 1 heterocycles. The van der Waals surface area contributed by atoms with Gasteiger partial charge in [0.2, 0.25) is 0 Å². The molecule has 2 aliphatic rings. The molecule has 1 saturated carbocycles. The molecule has 1 aliphatic carbocycles. The van der Waals surface area contributed by atoms with Crippen molar-refractivity contribution in [2.24, 2.45) is 5.92 Å². The van der Waals surface area contributed by atoms with Gasteiger partial charge in [-0.05, 0) is 56.0 Å². The van der Waals surface area contributed by atoms with Crippen molar-refractivity contribution < 1.29 is 18.0 Å². The van der Waals surface area contributed by atoms with Crippen molar-refractivity contribution in [3.8, 4) is 0 Å². The second-order valence-corrected chi connectivity index (χ2v) is 11.4. The van der Waals surface area contributed by atoms with E-state index >= 15 is 0 Å². The van der Waals surface area contributed by atoms with Crippen LogP contribution in [0.3, 0.4) is 0 Å². The quantitative estimate of drug-likeness (QED) is 0.501. The first kappa shape index (κ1) is 20.6. The largest absolute Gasteiger partial charge is 0.299 e. The Balaban J connectivity index is 1.66. The fourth-order valence-electron chi connectivity index (χ4n) is 4.07. The Kier molecular flexibility index (Phi) is 5.62. The van der Waals surface area contributed by atoms with Gasteiger partial charge in [-0.25, -0.2) is 8.42 Å². The third-order valence-corrected chi connectivity index (χ3v) is 9.22. The highest BCUT2D eigenvalue weighted by molar-refractivity contribution is 8.00. The monoisotopic (exact) mass is 448 g/mol. The van der Waals surface area contributed by atoms with Gasteiger partial charge in [0.1, 0.15) is 5.78 Å². The number of fused-ring (bicyclic) bond motifs is 1. The molecule has 1 aliphatic heterocycles. The van der Waals surface area contributed by atoms with Crippen LogP contribution in [-0.2, 0) is 21.1 Å². The number of aryl methyl sites for hydroxylation is 1. The smallest absolute Gasteiger partial charge is 0.179 e. The lowest BCUT2D eigenvalue weighted by atomic mass is 9.82. The van der Waals surface area contributed by atoms with Gasteiger partial charge in [-0.15, -0.1) is 11.8 Å². The number of sulfone groups is 1. The van der Waals surface area contributed by atoms with Crippen LogP contribution in [0.2, 0.25) is 5.02 Å². The van der Waals surface area contributed by atoms with E-state index in [1.807, 2.05) is 31.2 Å². The van der Waals surface area contributed by atoms with E-state index in [4.69, 9.17) is 11.6 Å². The second-order valence-electron chi connectivity index (χ2n) is 7.64. The van der Waals surface area contributed by atoms with Crippen LogP contribution in [0.5, 0.6) is 0 Å². The number of hydrogen-bond donors (Lipinski definition) is 0. The fraction of sp³-hybridized carbons (Fsp3) is 0.364. The van der Waals surface area contributed by atoms with E-state index in [-0.39, 0.29) is 38.1 Å². The molecule has 2 aromatic rings. The summed E-state index contributed by atoms with van der Waals surface area (Å²) in [7, 11) is -3.33. The van der Waals surface area contributed by atoms with Crippen LogP contribution in [-0.4, -0.2) is 31.0 Å². The van der Waals surface area contributed by atoms with Crippen molar-refractivity contribution in [1.29, 1.82) is 0 Å². The summed E-state index contributed by atoms with van der Waals surface area (Å²) in [4.78, 5) is 27.4. The molecule has 0 N–H and O–H groups in total. The summed E-state index contributed by atoms with van der Waals surface area (Å²) in [6.07, 6.45) is 2.23. The first-order valence-corrected chi connectivity index (χ1v) is 12.5. The molecule has 29 heavy (non-hydrogen) atoms. The van der Waals surface area contributed by atoms with E-state index in [1.54, 1.807) is 11.8 Å². The van der Waals surface area contributed by atoms with Crippen LogP contribution < -0.4 is 0 Å². The predicted molar refractivity (Wildman–Crippen MR) is 115 cm³/mol. The molecular formula is C22H21ClO4S2. The number of carbonyl (C=O) groups excluding carboxylic acids is 2. The molecule has 0 spiro atoms. The highest BCUT2D eigenvalue weighted by Crippen LogP contribution is 2.40. The maximum Gasteiger partial charge on any atom is 0.179 e. The minimum Gasteiger partial charge on any atom is -0.299 e. The molecule has 2 atom stereocenters. The third-order valence-electron chi connectivity index (χ3n) is 5.64. The summed E-state index contributed by atoms with van der Waals surface area (Å²) in [6, 6.07) is 11.0. The fourth-order valence-corrected chi connectivity index (χ4v) is 7.37. The maximum absolute atomic E-state index is 13.4. The molecule has 1 fully saturated rings. The summed E-state index contributed by atoms with van der Waals surface area (Å²) in [6.45, 7) is 2.01. The van der Waals surface area contributed by atoms with Gasteiger partial charge in [-0.2, -0.15) is 0 Å². The first-order valence-electron chi connectivity index (χ1n) is 9.62. The number of Topliss-reactive ketones (excluding diaryl/α,β-unsaturated/α-hetero) is 2. The lowest BCUT2D eigenvalue weighted by Gasteiger charge is -2.29. The Morgan fingerprint density at radius 3 is 2.55 bits per heavy atom. The van der Waals surface area contributed by atoms with Crippen LogP contribution in [0, 0.1) is 12.8 Å². The minimum atomic E-state index is -3.33. The van der Waals surface area contributed by atoms with Gasteiger partial charge >= 0.3 is 0 Å². The molecule has 2 unspecified atom stereocenters. The normalized spacial score (nSPS) is 23.0. The number of halogens is 1. The van der Waals surface area contributed by atoms with Crippen molar-refractivity contribution in [3.05, 3.63) is 58.1 Å². The molecule has 0 saturated heterocycles. The Morgan fingerprint density at radius 2 is 1.83 bits per heavy atom.